The summed E-state index contributed by atoms with van der Waals surface area (Å²) in [6, 6.07) is 0. The summed E-state index contributed by atoms with van der Waals surface area (Å²) in [5.74, 6) is 0.831. The van der Waals surface area contributed by atoms with E-state index in [2.05, 4.69) is 0 Å². The van der Waals surface area contributed by atoms with Crippen molar-refractivity contribution < 1.29 is 13.2 Å². The molecule has 6 heteroatoms. The van der Waals surface area contributed by atoms with Crippen molar-refractivity contribution in [2.45, 2.75) is 37.4 Å². The number of carbonyl (C=O) groups is 1. The molecule has 104 valence electrons. The first-order chi connectivity index (χ1) is 8.54. The molecule has 2 rings (SSSR count). The number of carbonyl (C=O) groups excluding carboxylic acids is 1. The topological polar surface area (TPSA) is 54.5 Å². The molecule has 2 unspecified atom stereocenters. The molecule has 2 atom stereocenters. The lowest BCUT2D eigenvalue weighted by Gasteiger charge is -2.35. The van der Waals surface area contributed by atoms with Crippen LogP contribution in [0.1, 0.15) is 32.1 Å². The SMILES string of the molecule is O=C(C1CCCCS1(=O)=O)N1CCCC(CCl)C1. The molecule has 0 bridgehead atoms. The third-order valence-electron chi connectivity index (χ3n) is 3.90. The van der Waals surface area contributed by atoms with Gasteiger partial charge >= 0.3 is 0 Å². The van der Waals surface area contributed by atoms with Gasteiger partial charge in [-0.15, -0.1) is 11.6 Å². The number of amides is 1. The molecule has 2 heterocycles. The van der Waals surface area contributed by atoms with Gasteiger partial charge in [0.1, 0.15) is 5.25 Å². The van der Waals surface area contributed by atoms with Crippen molar-refractivity contribution in [2.75, 3.05) is 24.7 Å². The van der Waals surface area contributed by atoms with Crippen molar-refractivity contribution in [2.24, 2.45) is 5.92 Å². The van der Waals surface area contributed by atoms with Crippen LogP contribution in [-0.2, 0) is 14.6 Å². The van der Waals surface area contributed by atoms with E-state index < -0.39 is 15.1 Å². The number of halogens is 1. The number of hydrogen-bond donors (Lipinski definition) is 0. The normalized spacial score (nSPS) is 32.2. The Morgan fingerprint density at radius 1 is 1.22 bits per heavy atom. The van der Waals surface area contributed by atoms with E-state index in [-0.39, 0.29) is 11.7 Å². The Bertz CT molecular complexity index is 410. The minimum atomic E-state index is -3.22. The number of alkyl halides is 1. The van der Waals surface area contributed by atoms with E-state index in [1.807, 2.05) is 0 Å². The van der Waals surface area contributed by atoms with Crippen LogP contribution in [-0.4, -0.2) is 49.2 Å². The molecular formula is C12H20ClNO3S. The van der Waals surface area contributed by atoms with Crippen LogP contribution in [0.2, 0.25) is 0 Å². The zero-order valence-electron chi connectivity index (χ0n) is 10.5. The Morgan fingerprint density at radius 3 is 2.67 bits per heavy atom. The lowest BCUT2D eigenvalue weighted by Crippen LogP contribution is -2.49. The predicted octanol–water partition coefficient (Wildman–Crippen LogP) is 1.43. The molecule has 0 radical (unpaired) electrons. The maximum Gasteiger partial charge on any atom is 0.240 e. The first-order valence-corrected chi connectivity index (χ1v) is 8.86. The molecule has 0 aromatic heterocycles. The molecule has 2 aliphatic heterocycles. The van der Waals surface area contributed by atoms with Crippen molar-refractivity contribution >= 4 is 27.3 Å². The number of sulfone groups is 1. The van der Waals surface area contributed by atoms with Crippen molar-refractivity contribution in [3.05, 3.63) is 0 Å². The van der Waals surface area contributed by atoms with Gasteiger partial charge in [0.2, 0.25) is 5.91 Å². The summed E-state index contributed by atoms with van der Waals surface area (Å²) in [5, 5.41) is -0.791. The highest BCUT2D eigenvalue weighted by molar-refractivity contribution is 7.92. The van der Waals surface area contributed by atoms with Crippen molar-refractivity contribution in [3.63, 3.8) is 0 Å². The average molecular weight is 294 g/mol. The van der Waals surface area contributed by atoms with Crippen LogP contribution in [0.3, 0.4) is 0 Å². The minimum Gasteiger partial charge on any atom is -0.341 e. The van der Waals surface area contributed by atoms with Crippen LogP contribution in [0.5, 0.6) is 0 Å². The van der Waals surface area contributed by atoms with Gasteiger partial charge in [0, 0.05) is 19.0 Å². The quantitative estimate of drug-likeness (QED) is 0.724. The van der Waals surface area contributed by atoms with E-state index in [1.165, 1.54) is 0 Å². The van der Waals surface area contributed by atoms with E-state index in [4.69, 9.17) is 11.6 Å². The molecule has 0 aromatic rings. The van der Waals surface area contributed by atoms with Gasteiger partial charge in [0.15, 0.2) is 9.84 Å². The molecule has 18 heavy (non-hydrogen) atoms. The van der Waals surface area contributed by atoms with Gasteiger partial charge in [-0.25, -0.2) is 8.42 Å². The fraction of sp³-hybridized carbons (Fsp3) is 0.917. The lowest BCUT2D eigenvalue weighted by molar-refractivity contribution is -0.132. The molecule has 2 fully saturated rings. The van der Waals surface area contributed by atoms with Gasteiger partial charge < -0.3 is 4.90 Å². The number of piperidine rings is 1. The number of hydrogen-bond acceptors (Lipinski definition) is 3. The smallest absolute Gasteiger partial charge is 0.240 e. The highest BCUT2D eigenvalue weighted by atomic mass is 35.5. The van der Waals surface area contributed by atoms with Crippen LogP contribution in [0.25, 0.3) is 0 Å². The lowest BCUT2D eigenvalue weighted by atomic mass is 9.99. The Labute approximate surface area is 114 Å². The molecule has 1 amide bonds. The van der Waals surface area contributed by atoms with Crippen LogP contribution in [0.4, 0.5) is 0 Å². The predicted molar refractivity (Wildman–Crippen MR) is 71.4 cm³/mol. The van der Waals surface area contributed by atoms with Crippen molar-refractivity contribution in [3.8, 4) is 0 Å². The molecule has 4 nitrogen and oxygen atoms in total. The zero-order valence-corrected chi connectivity index (χ0v) is 12.0. The second-order valence-corrected chi connectivity index (χ2v) is 7.91. The van der Waals surface area contributed by atoms with Crippen molar-refractivity contribution in [1.82, 2.24) is 4.90 Å². The van der Waals surface area contributed by atoms with Crippen LogP contribution >= 0.6 is 11.6 Å². The maximum absolute atomic E-state index is 12.3. The molecule has 0 spiro atoms. The zero-order chi connectivity index (χ0) is 13.2. The third-order valence-corrected chi connectivity index (χ3v) is 6.50. The van der Waals surface area contributed by atoms with Crippen LogP contribution < -0.4 is 0 Å². The van der Waals surface area contributed by atoms with Gasteiger partial charge in [0.25, 0.3) is 0 Å². The Kier molecular flexibility index (Phi) is 4.54. The molecule has 0 aromatic carbocycles. The van der Waals surface area contributed by atoms with E-state index in [0.29, 0.717) is 37.7 Å². The van der Waals surface area contributed by atoms with E-state index >= 15 is 0 Å². The van der Waals surface area contributed by atoms with E-state index in [9.17, 15) is 13.2 Å². The highest BCUT2D eigenvalue weighted by Gasteiger charge is 2.38. The molecule has 2 aliphatic rings. The maximum atomic E-state index is 12.3. The third kappa shape index (κ3) is 2.99. The van der Waals surface area contributed by atoms with Gasteiger partial charge in [-0.2, -0.15) is 0 Å². The molecule has 2 saturated heterocycles. The number of likely N-dealkylation sites (tertiary alicyclic amines) is 1. The largest absolute Gasteiger partial charge is 0.341 e. The molecular weight excluding hydrogens is 274 g/mol. The summed E-state index contributed by atoms with van der Waals surface area (Å²) in [6.07, 6.45) is 3.97. The monoisotopic (exact) mass is 293 g/mol. The summed E-state index contributed by atoms with van der Waals surface area (Å²) in [5.41, 5.74) is 0. The van der Waals surface area contributed by atoms with E-state index in [1.54, 1.807) is 4.90 Å². The summed E-state index contributed by atoms with van der Waals surface area (Å²) in [6.45, 7) is 1.30. The summed E-state index contributed by atoms with van der Waals surface area (Å²) in [7, 11) is -3.22. The van der Waals surface area contributed by atoms with Crippen LogP contribution in [0, 0.1) is 5.92 Å². The van der Waals surface area contributed by atoms with E-state index in [0.717, 1.165) is 19.3 Å². The number of nitrogens with zero attached hydrogens (tertiary/aromatic N) is 1. The first-order valence-electron chi connectivity index (χ1n) is 6.61. The minimum absolute atomic E-state index is 0.163. The van der Waals surface area contributed by atoms with Gasteiger partial charge in [-0.05, 0) is 31.6 Å². The first kappa shape index (κ1) is 14.1. The average Bonchev–Trinajstić information content (AvgIpc) is 2.37. The molecule has 0 aliphatic carbocycles. The van der Waals surface area contributed by atoms with Gasteiger partial charge in [-0.3, -0.25) is 4.79 Å². The summed E-state index contributed by atoms with van der Waals surface area (Å²) < 4.78 is 23.9. The molecule has 0 saturated carbocycles. The number of rotatable bonds is 2. The van der Waals surface area contributed by atoms with Gasteiger partial charge in [0.05, 0.1) is 5.75 Å². The fourth-order valence-electron chi connectivity index (χ4n) is 2.83. The van der Waals surface area contributed by atoms with Crippen LogP contribution in [0.15, 0.2) is 0 Å². The van der Waals surface area contributed by atoms with Gasteiger partial charge in [-0.1, -0.05) is 6.42 Å². The fourth-order valence-corrected chi connectivity index (χ4v) is 4.95. The Balaban J connectivity index is 2.06. The second-order valence-electron chi connectivity index (χ2n) is 5.30. The summed E-state index contributed by atoms with van der Waals surface area (Å²) in [4.78, 5) is 14.0. The standard InChI is InChI=1S/C12H20ClNO3S/c13-8-10-4-3-6-14(9-10)12(15)11-5-1-2-7-18(11,16)17/h10-11H,1-9H2. The second kappa shape index (κ2) is 5.78. The summed E-state index contributed by atoms with van der Waals surface area (Å²) >= 11 is 5.84. The molecule has 0 N–H and O–H groups in total. The highest BCUT2D eigenvalue weighted by Crippen LogP contribution is 2.24. The van der Waals surface area contributed by atoms with Crippen molar-refractivity contribution in [1.29, 1.82) is 0 Å². The Hall–Kier alpha value is -0.290. The Morgan fingerprint density at radius 2 is 2.00 bits per heavy atom.